The molecule has 2 rings (SSSR count). The molecule has 1 aliphatic rings. The van der Waals surface area contributed by atoms with Crippen molar-refractivity contribution in [2.45, 2.75) is 50.5 Å². The van der Waals surface area contributed by atoms with Crippen molar-refractivity contribution in [2.75, 3.05) is 0 Å². The Morgan fingerprint density at radius 1 is 1.18 bits per heavy atom. The maximum absolute atomic E-state index is 12.5. The standard InChI is InChI=1S/C14H16F4O4/c1-14(8-9-5-3-2-4-6-9)11(20-14)7-10(21-17)12(22-18)19-13(15)16/h2-6,10-13H,7-8H2,1H3. The fraction of sp³-hybridized carbons (Fsp3) is 0.571. The minimum absolute atomic E-state index is 0.179. The van der Waals surface area contributed by atoms with Crippen LogP contribution < -0.4 is 0 Å². The Labute approximate surface area is 124 Å². The van der Waals surface area contributed by atoms with Gasteiger partial charge in [0.05, 0.1) is 11.7 Å². The van der Waals surface area contributed by atoms with Crippen LogP contribution in [0.4, 0.5) is 17.8 Å². The van der Waals surface area contributed by atoms with Gasteiger partial charge < -0.3 is 4.74 Å². The average Bonchev–Trinajstić information content (AvgIpc) is 3.12. The molecule has 4 unspecified atom stereocenters. The summed E-state index contributed by atoms with van der Waals surface area (Å²) < 4.78 is 58.2. The van der Waals surface area contributed by atoms with Crippen molar-refractivity contribution in [1.29, 1.82) is 0 Å². The summed E-state index contributed by atoms with van der Waals surface area (Å²) in [6, 6.07) is 9.41. The second-order valence-electron chi connectivity index (χ2n) is 5.30. The third-order valence-electron chi connectivity index (χ3n) is 3.62. The van der Waals surface area contributed by atoms with Crippen LogP contribution in [0.25, 0.3) is 0 Å². The lowest BCUT2D eigenvalue weighted by Crippen LogP contribution is -2.34. The molecule has 4 atom stereocenters. The minimum atomic E-state index is -3.31. The molecular formula is C14H16F4O4. The van der Waals surface area contributed by atoms with Gasteiger partial charge in [0.2, 0.25) is 6.29 Å². The molecule has 1 heterocycles. The zero-order chi connectivity index (χ0) is 16.2. The second kappa shape index (κ2) is 7.36. The fourth-order valence-electron chi connectivity index (χ4n) is 2.41. The van der Waals surface area contributed by atoms with Crippen molar-refractivity contribution in [3.05, 3.63) is 35.9 Å². The molecule has 0 bridgehead atoms. The van der Waals surface area contributed by atoms with Crippen LogP contribution in [0.5, 0.6) is 0 Å². The third kappa shape index (κ3) is 4.39. The molecule has 1 aliphatic heterocycles. The normalized spacial score (nSPS) is 26.9. The summed E-state index contributed by atoms with van der Waals surface area (Å²) in [4.78, 5) is 6.70. The van der Waals surface area contributed by atoms with Crippen molar-refractivity contribution in [1.82, 2.24) is 0 Å². The van der Waals surface area contributed by atoms with Gasteiger partial charge in [0, 0.05) is 12.8 Å². The van der Waals surface area contributed by atoms with E-state index in [4.69, 9.17) is 4.74 Å². The van der Waals surface area contributed by atoms with E-state index in [1.54, 1.807) is 6.92 Å². The molecule has 0 spiro atoms. The lowest BCUT2D eigenvalue weighted by atomic mass is 9.95. The van der Waals surface area contributed by atoms with Gasteiger partial charge in [-0.25, -0.2) is 0 Å². The smallest absolute Gasteiger partial charge is 0.347 e. The Hall–Kier alpha value is -1.22. The first kappa shape index (κ1) is 17.1. The van der Waals surface area contributed by atoms with Crippen LogP contribution in [0.15, 0.2) is 30.3 Å². The van der Waals surface area contributed by atoms with Gasteiger partial charge in [-0.15, -0.1) is 0 Å². The summed E-state index contributed by atoms with van der Waals surface area (Å²) in [7, 11) is 0. The summed E-state index contributed by atoms with van der Waals surface area (Å²) in [6.45, 7) is -1.52. The summed E-state index contributed by atoms with van der Waals surface area (Å²) >= 11 is 0. The van der Waals surface area contributed by atoms with E-state index in [0.29, 0.717) is 6.42 Å². The van der Waals surface area contributed by atoms with Crippen LogP contribution in [0.1, 0.15) is 18.9 Å². The maximum atomic E-state index is 12.5. The number of halogens is 4. The molecule has 0 saturated carbocycles. The Balaban J connectivity index is 1.90. The molecule has 0 aliphatic carbocycles. The second-order valence-corrected chi connectivity index (χ2v) is 5.30. The molecule has 1 aromatic rings. The average molecular weight is 324 g/mol. The zero-order valence-electron chi connectivity index (χ0n) is 11.8. The van der Waals surface area contributed by atoms with E-state index in [1.165, 1.54) is 0 Å². The molecule has 1 aromatic carbocycles. The number of hydrogen-bond acceptors (Lipinski definition) is 4. The highest BCUT2D eigenvalue weighted by Crippen LogP contribution is 2.42. The maximum Gasteiger partial charge on any atom is 0.347 e. The van der Waals surface area contributed by atoms with Crippen LogP contribution in [-0.4, -0.2) is 30.7 Å². The molecule has 0 radical (unpaired) electrons. The number of alkyl halides is 2. The Kier molecular flexibility index (Phi) is 5.74. The first-order chi connectivity index (χ1) is 10.5. The highest BCUT2D eigenvalue weighted by molar-refractivity contribution is 5.20. The van der Waals surface area contributed by atoms with Crippen LogP contribution in [0.3, 0.4) is 0 Å². The van der Waals surface area contributed by atoms with E-state index in [0.717, 1.165) is 5.56 Å². The summed E-state index contributed by atoms with van der Waals surface area (Å²) in [5.74, 6) is 0. The molecule has 4 nitrogen and oxygen atoms in total. The molecule has 1 fully saturated rings. The van der Waals surface area contributed by atoms with Crippen LogP contribution in [-0.2, 0) is 25.8 Å². The number of benzene rings is 1. The van der Waals surface area contributed by atoms with E-state index in [1.807, 2.05) is 30.3 Å². The van der Waals surface area contributed by atoms with Gasteiger partial charge in [0.15, 0.2) is 6.10 Å². The van der Waals surface area contributed by atoms with Gasteiger partial charge in [-0.2, -0.15) is 18.7 Å². The predicted molar refractivity (Wildman–Crippen MR) is 67.1 cm³/mol. The summed E-state index contributed by atoms with van der Waals surface area (Å²) in [5.41, 5.74) is 0.413. The summed E-state index contributed by atoms with van der Waals surface area (Å²) in [5, 5.41) is 0. The molecule has 1 saturated heterocycles. The minimum Gasteiger partial charge on any atom is -0.366 e. The Bertz CT molecular complexity index is 461. The first-order valence-electron chi connectivity index (χ1n) is 6.68. The molecule has 0 amide bonds. The Morgan fingerprint density at radius 3 is 2.41 bits per heavy atom. The van der Waals surface area contributed by atoms with Crippen molar-refractivity contribution in [3.8, 4) is 0 Å². The van der Waals surface area contributed by atoms with Crippen molar-refractivity contribution >= 4 is 0 Å². The molecule has 124 valence electrons. The van der Waals surface area contributed by atoms with Crippen molar-refractivity contribution in [2.24, 2.45) is 0 Å². The number of ether oxygens (including phenoxy) is 2. The monoisotopic (exact) mass is 324 g/mol. The van der Waals surface area contributed by atoms with E-state index < -0.39 is 30.7 Å². The predicted octanol–water partition coefficient (Wildman–Crippen LogP) is 3.51. The zero-order valence-corrected chi connectivity index (χ0v) is 11.8. The lowest BCUT2D eigenvalue weighted by molar-refractivity contribution is -0.373. The largest absolute Gasteiger partial charge is 0.366 e. The fourth-order valence-corrected chi connectivity index (χ4v) is 2.41. The molecule has 0 N–H and O–H groups in total. The van der Waals surface area contributed by atoms with Gasteiger partial charge in [-0.1, -0.05) is 30.3 Å². The lowest BCUT2D eigenvalue weighted by Gasteiger charge is -2.19. The highest BCUT2D eigenvalue weighted by Gasteiger charge is 2.54. The van der Waals surface area contributed by atoms with Gasteiger partial charge >= 0.3 is 6.61 Å². The first-order valence-corrected chi connectivity index (χ1v) is 6.68. The van der Waals surface area contributed by atoms with Crippen LogP contribution in [0.2, 0.25) is 0 Å². The third-order valence-corrected chi connectivity index (χ3v) is 3.62. The number of rotatable bonds is 9. The van der Waals surface area contributed by atoms with Gasteiger partial charge in [-0.3, -0.25) is 4.74 Å². The highest BCUT2D eigenvalue weighted by atomic mass is 19.3. The van der Waals surface area contributed by atoms with Gasteiger partial charge in [0.25, 0.3) is 0 Å². The summed E-state index contributed by atoms with van der Waals surface area (Å²) in [6.07, 6.45) is -3.92. The quantitative estimate of drug-likeness (QED) is 0.396. The van der Waals surface area contributed by atoms with E-state index in [9.17, 15) is 17.8 Å². The SMILES string of the molecule is CC1(Cc2ccccc2)OC1CC(OF)C(OF)OC(F)F. The van der Waals surface area contributed by atoms with Gasteiger partial charge in [0.1, 0.15) is 0 Å². The number of epoxide rings is 1. The molecule has 8 heteroatoms. The number of hydrogen-bond donors (Lipinski definition) is 0. The van der Waals surface area contributed by atoms with Crippen molar-refractivity contribution < 1.29 is 37.2 Å². The van der Waals surface area contributed by atoms with E-state index in [-0.39, 0.29) is 6.42 Å². The molecular weight excluding hydrogens is 308 g/mol. The van der Waals surface area contributed by atoms with Crippen LogP contribution >= 0.6 is 0 Å². The van der Waals surface area contributed by atoms with E-state index >= 15 is 0 Å². The molecule has 0 aromatic heterocycles. The molecule has 22 heavy (non-hydrogen) atoms. The van der Waals surface area contributed by atoms with Gasteiger partial charge in [-0.05, 0) is 21.5 Å². The van der Waals surface area contributed by atoms with Crippen LogP contribution in [0, 0.1) is 0 Å². The Morgan fingerprint density at radius 2 is 1.86 bits per heavy atom. The van der Waals surface area contributed by atoms with Crippen molar-refractivity contribution in [3.63, 3.8) is 0 Å². The topological polar surface area (TPSA) is 40.2 Å². The van der Waals surface area contributed by atoms with E-state index in [2.05, 4.69) is 14.6 Å².